The van der Waals surface area contributed by atoms with Gasteiger partial charge in [0.05, 0.1) is 103 Å². The normalized spacial score (nSPS) is 18.5. The maximum Gasteiger partial charge on any atom is 0.349 e. The number of urea groups is 2. The molecule has 134 heavy (non-hydrogen) atoms. The van der Waals surface area contributed by atoms with Crippen LogP contribution in [0.15, 0.2) is 148 Å². The number of hydrogen-bond acceptors (Lipinski definition) is 24. The van der Waals surface area contributed by atoms with Gasteiger partial charge in [-0.15, -0.1) is 34.0 Å². The number of hydrogen-bond donors (Lipinski definition) is 0. The lowest BCUT2D eigenvalue weighted by Gasteiger charge is -2.33. The Kier molecular flexibility index (Phi) is 26.0. The molecule has 0 aliphatic carbocycles. The molecule has 12 aliphatic heterocycles. The first-order valence-corrected chi connectivity index (χ1v) is 50.6. The lowest BCUT2D eigenvalue weighted by molar-refractivity contribution is 0.0499. The van der Waals surface area contributed by atoms with Crippen LogP contribution in [0.2, 0.25) is 40.2 Å². The molecule has 12 saturated heterocycles. The minimum Gasteiger partial charge on any atom is -0.439 e. The first-order valence-electron chi connectivity index (χ1n) is 43.5. The minimum atomic E-state index is -0.103. The molecule has 0 bridgehead atoms. The highest BCUT2D eigenvalue weighted by atomic mass is 35.5. The van der Waals surface area contributed by atoms with Crippen LogP contribution in [0.4, 0.5) is 43.7 Å². The maximum atomic E-state index is 12.8. The lowest BCUT2D eigenvalue weighted by Crippen LogP contribution is -2.43. The number of benzene rings is 6. The predicted octanol–water partition coefficient (Wildman–Crippen LogP) is 24.5. The summed E-state index contributed by atoms with van der Waals surface area (Å²) in [6.07, 6.45) is 13.2. The molecule has 0 saturated carbocycles. The van der Waals surface area contributed by atoms with Gasteiger partial charge in [-0.2, -0.15) is 0 Å². The Labute approximate surface area is 845 Å². The Hall–Kier alpha value is -9.74. The Bertz CT molecular complexity index is 6200. The summed E-state index contributed by atoms with van der Waals surface area (Å²) in [4.78, 5) is 63.7. The summed E-state index contributed by atoms with van der Waals surface area (Å²) < 4.78 is 19.6. The fourth-order valence-electron chi connectivity index (χ4n) is 18.5. The van der Waals surface area contributed by atoms with Crippen molar-refractivity contribution in [2.45, 2.75) is 119 Å². The van der Waals surface area contributed by atoms with Crippen LogP contribution in [0.1, 0.15) is 110 Å². The Morgan fingerprint density at radius 2 is 0.522 bits per heavy atom. The van der Waals surface area contributed by atoms with Gasteiger partial charge >= 0.3 is 12.1 Å². The number of aromatic nitrogens is 6. The van der Waals surface area contributed by atoms with Crippen LogP contribution < -0.4 is 29.4 Å². The minimum absolute atomic E-state index is 0.0565. The summed E-state index contributed by atoms with van der Waals surface area (Å²) in [5, 5.41) is 34.6. The van der Waals surface area contributed by atoms with Gasteiger partial charge in [-0.05, 0) is 207 Å². The number of hydrazine groups is 6. The summed E-state index contributed by atoms with van der Waals surface area (Å²) in [6.45, 7) is 46.7. The number of thiocarbonyl (C=S) groups is 4. The van der Waals surface area contributed by atoms with Gasteiger partial charge in [0.15, 0.2) is 34.4 Å². The van der Waals surface area contributed by atoms with Gasteiger partial charge < -0.3 is 13.3 Å². The summed E-state index contributed by atoms with van der Waals surface area (Å²) >= 11 is 78.0. The second-order valence-electron chi connectivity index (χ2n) is 33.0. The highest BCUT2D eigenvalue weighted by Crippen LogP contribution is 2.50. The Balaban J connectivity index is 0.000000103. The molecule has 0 spiro atoms. The first-order chi connectivity index (χ1) is 64.3. The number of oxazole rings is 3. The van der Waals surface area contributed by atoms with Gasteiger partial charge in [0.2, 0.25) is 20.4 Å². The number of anilines is 6. The average Bonchev–Trinajstić information content (AvgIpc) is 1.66. The SMILES string of the molecule is C=C1N(c2c(Cl)cc(Cl)c3oc(C)nc23)C(=S)N2CCCCN12.C=C1N(c2c(Cl)cc(Cl)c3sc(C)nc23)C(=S)N2CCCCN12.C=C1N(c2ccc(Cl)c3oc(C)nc23)C(=O)N2CCCCN12.C=C1N(c2ccc(Cl)c3oc(C)nc23)C(=S)N2CCCCN12.C=C1N(c2ccc(Cl)c3sc(C)nc23)C(=O)N2CCCCN12.C=C1N(c2ccc(Cl)c3sc(C)nc23)C(=S)N2CCCCN12. The zero-order chi connectivity index (χ0) is 94.3. The third kappa shape index (κ3) is 16.3. The number of halogens is 8. The van der Waals surface area contributed by atoms with Crippen LogP contribution in [0.3, 0.4) is 0 Å². The molecule has 29 nitrogen and oxygen atoms in total. The van der Waals surface area contributed by atoms with E-state index in [0.29, 0.717) is 120 Å². The number of aryl methyl sites for hydroxylation is 6. The lowest BCUT2D eigenvalue weighted by atomic mass is 10.2. The van der Waals surface area contributed by atoms with Crippen molar-refractivity contribution < 1.29 is 22.8 Å². The van der Waals surface area contributed by atoms with Gasteiger partial charge in [-0.25, -0.2) is 59.3 Å². The number of carbonyl (C=O) groups excluding carboxylic acids is 2. The quantitative estimate of drug-likeness (QED) is 0.142. The van der Waals surface area contributed by atoms with E-state index in [1.54, 1.807) is 91.9 Å². The van der Waals surface area contributed by atoms with Crippen molar-refractivity contribution in [3.05, 3.63) is 208 Å². The molecule has 0 atom stereocenters. The van der Waals surface area contributed by atoms with Crippen molar-refractivity contribution >= 4 is 306 Å². The van der Waals surface area contributed by atoms with E-state index < -0.39 is 0 Å². The number of thiazole rings is 3. The molecular formula is C90H88Cl8N24O5S7. The Morgan fingerprint density at radius 1 is 0.276 bits per heavy atom. The van der Waals surface area contributed by atoms with Gasteiger partial charge in [0.25, 0.3) is 0 Å². The van der Waals surface area contributed by atoms with Crippen LogP contribution in [-0.2, 0) is 0 Å². The number of carbonyl (C=O) groups is 2. The molecule has 4 amide bonds. The van der Waals surface area contributed by atoms with Crippen LogP contribution in [-0.4, -0.2) is 201 Å². The number of amides is 4. The molecule has 44 heteroatoms. The fraction of sp³-hybridized carbons (Fsp3) is 0.333. The van der Waals surface area contributed by atoms with Crippen LogP contribution in [0.25, 0.3) is 63.9 Å². The second kappa shape index (κ2) is 37.3. The van der Waals surface area contributed by atoms with Crippen molar-refractivity contribution in [3.63, 3.8) is 0 Å². The standard InChI is InChI=1S/C15H14Cl2N4OS.C15H14Cl2N4S2.C15H15ClN4O2.2C15H15ClN4OS.C15H15ClN4S2/c1-8-18-12-13(10(16)7-11(17)14(12)22-8)21-9(2)19-5-3-4-6-20(19)15(21)23;1-8-18-12-13(10(16)7-11(17)14(12)23-8)21-9(2)19-5-3-4-6-20(19)15(21)22;2*1-9-17-13-12(6-5-11(16)14(13)22-9)20-10(2)18-7-3-4-8-19(18)15(20)21;1-9-17-13-12(6-5-11(16)14(13)21-9)20-10(2)18-7-3-4-8-19(18)15(20)22;1-9-17-13-12(6-5-11(16)14(13)22-9)20-10(2)18-7-3-4-8-19(18)15(20)21/h2*7H,2-6H2,1H3;4*5-6H,2-4,7-8H2,1H3. The van der Waals surface area contributed by atoms with Gasteiger partial charge in [-0.1, -0.05) is 132 Å². The Morgan fingerprint density at radius 3 is 0.873 bits per heavy atom. The highest BCUT2D eigenvalue weighted by molar-refractivity contribution is 7.81. The molecule has 0 unspecified atom stereocenters. The largest absolute Gasteiger partial charge is 0.439 e. The van der Waals surface area contributed by atoms with Gasteiger partial charge in [-0.3, -0.25) is 69.7 Å². The smallest absolute Gasteiger partial charge is 0.349 e. The number of fused-ring (bicyclic) bond motifs is 12. The van der Waals surface area contributed by atoms with Crippen LogP contribution in [0, 0.1) is 41.5 Å². The van der Waals surface area contributed by atoms with E-state index >= 15 is 0 Å². The van der Waals surface area contributed by atoms with Crippen molar-refractivity contribution in [2.75, 3.05) is 108 Å². The van der Waals surface area contributed by atoms with E-state index in [4.69, 9.17) is 155 Å². The van der Waals surface area contributed by atoms with E-state index in [-0.39, 0.29) is 12.1 Å². The molecule has 12 aliphatic rings. The van der Waals surface area contributed by atoms with Crippen LogP contribution >= 0.6 is 176 Å². The molecule has 6 aromatic carbocycles. The molecule has 12 aromatic rings. The topological polar surface area (TPSA) is 209 Å². The molecular weight excluding hydrogens is 2010 g/mol. The second-order valence-corrected chi connectivity index (χ2v) is 41.4. The summed E-state index contributed by atoms with van der Waals surface area (Å²) in [7, 11) is 0. The monoisotopic (exact) mass is 2090 g/mol. The molecule has 12 fully saturated rings. The van der Waals surface area contributed by atoms with Crippen molar-refractivity contribution in [1.82, 2.24) is 90.0 Å². The summed E-state index contributed by atoms with van der Waals surface area (Å²) in [5.41, 5.74) is 10.7. The van der Waals surface area contributed by atoms with Gasteiger partial charge in [0, 0.05) is 99.3 Å². The molecule has 18 heterocycles. The van der Waals surface area contributed by atoms with Crippen molar-refractivity contribution in [3.8, 4) is 0 Å². The summed E-state index contributed by atoms with van der Waals surface area (Å²) in [6, 6.07) is 18.1. The van der Waals surface area contributed by atoms with Crippen LogP contribution in [0.5, 0.6) is 0 Å². The highest BCUT2D eigenvalue weighted by Gasteiger charge is 2.48. The van der Waals surface area contributed by atoms with E-state index in [9.17, 15) is 9.59 Å². The zero-order valence-electron chi connectivity index (χ0n) is 73.6. The van der Waals surface area contributed by atoms with Gasteiger partial charge in [0.1, 0.15) is 68.0 Å². The summed E-state index contributed by atoms with van der Waals surface area (Å²) in [5.74, 6) is 6.32. The van der Waals surface area contributed by atoms with E-state index in [2.05, 4.69) is 109 Å². The fourth-order valence-corrected chi connectivity index (χ4v) is 24.7. The van der Waals surface area contributed by atoms with E-state index in [1.165, 1.54) is 0 Å². The molecule has 6 aromatic heterocycles. The molecule has 24 rings (SSSR count). The molecule has 0 radical (unpaired) electrons. The van der Waals surface area contributed by atoms with E-state index in [1.807, 2.05) is 93.7 Å². The third-order valence-electron chi connectivity index (χ3n) is 24.5. The third-order valence-corrected chi connectivity index (χ3v) is 31.8. The average molecular weight is 2090 g/mol. The van der Waals surface area contributed by atoms with Crippen molar-refractivity contribution in [2.24, 2.45) is 0 Å². The van der Waals surface area contributed by atoms with Crippen molar-refractivity contribution in [1.29, 1.82) is 0 Å². The zero-order valence-corrected chi connectivity index (χ0v) is 85.4. The molecule has 696 valence electrons. The maximum absolute atomic E-state index is 12.8. The molecule has 0 N–H and O–H groups in total. The first kappa shape index (κ1) is 93.3. The number of nitrogens with zero attached hydrogens (tertiary/aromatic N) is 24. The number of rotatable bonds is 6. The van der Waals surface area contributed by atoms with E-state index in [0.717, 1.165) is 262 Å². The predicted molar refractivity (Wildman–Crippen MR) is 556 cm³/mol.